The summed E-state index contributed by atoms with van der Waals surface area (Å²) in [6.07, 6.45) is 12.9. The molecule has 0 N–H and O–H groups in total. The van der Waals surface area contributed by atoms with Gasteiger partial charge in [-0.25, -0.2) is 4.79 Å². The summed E-state index contributed by atoms with van der Waals surface area (Å²) in [4.78, 5) is 11.2. The van der Waals surface area contributed by atoms with E-state index in [1.165, 1.54) is 51.4 Å². The predicted molar refractivity (Wildman–Crippen MR) is 86.8 cm³/mol. The smallest absolute Gasteiger partial charge is 0.333 e. The molecule has 0 fully saturated rings. The summed E-state index contributed by atoms with van der Waals surface area (Å²) in [5.74, 6) is 0.679. The van der Waals surface area contributed by atoms with Gasteiger partial charge in [0.1, 0.15) is 0 Å². The minimum absolute atomic E-state index is 0.258. The number of hydrogen-bond donors (Lipinski definition) is 0. The summed E-state index contributed by atoms with van der Waals surface area (Å²) < 4.78 is 5.07. The Morgan fingerprint density at radius 1 is 1.00 bits per heavy atom. The Bertz CT molecular complexity index is 258. The first-order chi connectivity index (χ1) is 9.61. The molecule has 0 aromatic heterocycles. The molecule has 0 rings (SSSR count). The van der Waals surface area contributed by atoms with E-state index in [2.05, 4.69) is 20.4 Å². The lowest BCUT2D eigenvalue weighted by molar-refractivity contribution is -0.139. The van der Waals surface area contributed by atoms with E-state index in [4.69, 9.17) is 4.74 Å². The van der Waals surface area contributed by atoms with Crippen molar-refractivity contribution in [1.82, 2.24) is 0 Å². The SMILES string of the molecule is C=C(C)C(=O)OCCCCCCCC(CC)CCCC. The number of ether oxygens (including phenoxy) is 1. The van der Waals surface area contributed by atoms with Crippen LogP contribution in [-0.2, 0) is 9.53 Å². The Morgan fingerprint density at radius 2 is 1.60 bits per heavy atom. The number of hydrogen-bond acceptors (Lipinski definition) is 2. The van der Waals surface area contributed by atoms with E-state index in [0.717, 1.165) is 18.8 Å². The normalized spacial score (nSPS) is 12.2. The standard InChI is InChI=1S/C18H34O2/c1-5-7-13-17(6-2)14-11-9-8-10-12-15-20-18(19)16(3)4/h17H,3,5-15H2,1-2,4H3. The Balaban J connectivity index is 3.35. The van der Waals surface area contributed by atoms with Crippen LogP contribution in [0.3, 0.4) is 0 Å². The van der Waals surface area contributed by atoms with Crippen molar-refractivity contribution >= 4 is 5.97 Å². The zero-order valence-corrected chi connectivity index (χ0v) is 13.9. The van der Waals surface area contributed by atoms with Gasteiger partial charge in [-0.3, -0.25) is 0 Å². The van der Waals surface area contributed by atoms with Gasteiger partial charge in [-0.15, -0.1) is 0 Å². The number of esters is 1. The molecule has 0 saturated heterocycles. The summed E-state index contributed by atoms with van der Waals surface area (Å²) >= 11 is 0. The Hall–Kier alpha value is -0.790. The first-order valence-corrected chi connectivity index (χ1v) is 8.44. The molecule has 0 aromatic carbocycles. The van der Waals surface area contributed by atoms with Crippen LogP contribution in [-0.4, -0.2) is 12.6 Å². The molecular weight excluding hydrogens is 248 g/mol. The maximum absolute atomic E-state index is 11.2. The lowest BCUT2D eigenvalue weighted by atomic mass is 9.93. The van der Waals surface area contributed by atoms with Crippen molar-refractivity contribution < 1.29 is 9.53 Å². The van der Waals surface area contributed by atoms with Crippen molar-refractivity contribution in [3.63, 3.8) is 0 Å². The van der Waals surface area contributed by atoms with Gasteiger partial charge < -0.3 is 4.74 Å². The average molecular weight is 282 g/mol. The largest absolute Gasteiger partial charge is 0.462 e. The van der Waals surface area contributed by atoms with Gasteiger partial charge in [0.25, 0.3) is 0 Å². The third-order valence-electron chi connectivity index (χ3n) is 3.88. The van der Waals surface area contributed by atoms with Crippen molar-refractivity contribution in [2.45, 2.75) is 85.0 Å². The highest BCUT2D eigenvalue weighted by Crippen LogP contribution is 2.20. The van der Waals surface area contributed by atoms with Gasteiger partial charge in [-0.05, 0) is 19.3 Å². The second-order valence-electron chi connectivity index (χ2n) is 5.89. The fourth-order valence-corrected chi connectivity index (χ4v) is 2.40. The summed E-state index contributed by atoms with van der Waals surface area (Å²) in [6, 6.07) is 0. The maximum atomic E-state index is 11.2. The summed E-state index contributed by atoms with van der Waals surface area (Å²) in [5, 5.41) is 0. The molecule has 0 bridgehead atoms. The van der Waals surface area contributed by atoms with Crippen molar-refractivity contribution in [2.75, 3.05) is 6.61 Å². The monoisotopic (exact) mass is 282 g/mol. The molecule has 0 spiro atoms. The first kappa shape index (κ1) is 19.2. The van der Waals surface area contributed by atoms with E-state index < -0.39 is 0 Å². The second kappa shape index (κ2) is 13.2. The summed E-state index contributed by atoms with van der Waals surface area (Å²) in [5.41, 5.74) is 0.489. The molecular formula is C18H34O2. The fourth-order valence-electron chi connectivity index (χ4n) is 2.40. The van der Waals surface area contributed by atoms with Gasteiger partial charge in [0.2, 0.25) is 0 Å². The zero-order chi connectivity index (χ0) is 15.2. The van der Waals surface area contributed by atoms with Gasteiger partial charge in [-0.1, -0.05) is 78.2 Å². The number of rotatable bonds is 13. The number of unbranched alkanes of at least 4 members (excludes halogenated alkanes) is 5. The molecule has 1 atom stereocenters. The Morgan fingerprint density at radius 3 is 2.20 bits per heavy atom. The molecule has 0 aliphatic heterocycles. The highest BCUT2D eigenvalue weighted by Gasteiger charge is 2.05. The van der Waals surface area contributed by atoms with Crippen LogP contribution >= 0.6 is 0 Å². The van der Waals surface area contributed by atoms with Crippen LogP contribution in [0.15, 0.2) is 12.2 Å². The van der Waals surface area contributed by atoms with Crippen LogP contribution in [0.25, 0.3) is 0 Å². The third-order valence-corrected chi connectivity index (χ3v) is 3.88. The second-order valence-corrected chi connectivity index (χ2v) is 5.89. The molecule has 0 aliphatic carbocycles. The van der Waals surface area contributed by atoms with Crippen LogP contribution < -0.4 is 0 Å². The minimum atomic E-state index is -0.258. The van der Waals surface area contributed by atoms with Crippen molar-refractivity contribution in [3.05, 3.63) is 12.2 Å². The maximum Gasteiger partial charge on any atom is 0.333 e. The molecule has 2 nitrogen and oxygen atoms in total. The van der Waals surface area contributed by atoms with Gasteiger partial charge in [0, 0.05) is 5.57 Å². The van der Waals surface area contributed by atoms with Crippen LogP contribution in [0.4, 0.5) is 0 Å². The molecule has 20 heavy (non-hydrogen) atoms. The lowest BCUT2D eigenvalue weighted by Crippen LogP contribution is -2.06. The van der Waals surface area contributed by atoms with E-state index in [1.807, 2.05) is 0 Å². The molecule has 118 valence electrons. The summed E-state index contributed by atoms with van der Waals surface area (Å²) in [7, 11) is 0. The molecule has 0 heterocycles. The average Bonchev–Trinajstić information content (AvgIpc) is 2.44. The molecule has 0 aliphatic rings. The zero-order valence-electron chi connectivity index (χ0n) is 13.9. The quantitative estimate of drug-likeness (QED) is 0.247. The van der Waals surface area contributed by atoms with E-state index in [-0.39, 0.29) is 5.97 Å². The predicted octanol–water partition coefficient (Wildman–Crippen LogP) is 5.66. The van der Waals surface area contributed by atoms with Crippen molar-refractivity contribution in [2.24, 2.45) is 5.92 Å². The van der Waals surface area contributed by atoms with Gasteiger partial charge in [0.05, 0.1) is 6.61 Å². The fraction of sp³-hybridized carbons (Fsp3) is 0.833. The van der Waals surface area contributed by atoms with Gasteiger partial charge >= 0.3 is 5.97 Å². The Labute approximate surface area is 126 Å². The van der Waals surface area contributed by atoms with Crippen molar-refractivity contribution in [3.8, 4) is 0 Å². The molecule has 2 heteroatoms. The van der Waals surface area contributed by atoms with E-state index in [0.29, 0.717) is 12.2 Å². The summed E-state index contributed by atoms with van der Waals surface area (Å²) in [6.45, 7) is 10.4. The lowest BCUT2D eigenvalue weighted by Gasteiger charge is -2.13. The van der Waals surface area contributed by atoms with Gasteiger partial charge in [-0.2, -0.15) is 0 Å². The first-order valence-electron chi connectivity index (χ1n) is 8.44. The van der Waals surface area contributed by atoms with Crippen LogP contribution in [0, 0.1) is 5.92 Å². The minimum Gasteiger partial charge on any atom is -0.462 e. The highest BCUT2D eigenvalue weighted by molar-refractivity contribution is 5.86. The molecule has 0 saturated carbocycles. The number of carbonyl (C=O) groups excluding carboxylic acids is 1. The molecule has 0 amide bonds. The molecule has 0 aromatic rings. The van der Waals surface area contributed by atoms with E-state index >= 15 is 0 Å². The van der Waals surface area contributed by atoms with Gasteiger partial charge in [0.15, 0.2) is 0 Å². The number of carbonyl (C=O) groups is 1. The van der Waals surface area contributed by atoms with E-state index in [9.17, 15) is 4.79 Å². The van der Waals surface area contributed by atoms with E-state index in [1.54, 1.807) is 6.92 Å². The van der Waals surface area contributed by atoms with Crippen LogP contribution in [0.1, 0.15) is 85.0 Å². The molecule has 1 unspecified atom stereocenters. The molecule has 0 radical (unpaired) electrons. The van der Waals surface area contributed by atoms with Crippen LogP contribution in [0.5, 0.6) is 0 Å². The third kappa shape index (κ3) is 11.1. The van der Waals surface area contributed by atoms with Crippen LogP contribution in [0.2, 0.25) is 0 Å². The topological polar surface area (TPSA) is 26.3 Å². The highest BCUT2D eigenvalue weighted by atomic mass is 16.5. The Kier molecular flexibility index (Phi) is 12.7. The van der Waals surface area contributed by atoms with Crippen molar-refractivity contribution in [1.29, 1.82) is 0 Å².